The molecule has 0 spiro atoms. The number of hydrogen-bond donors (Lipinski definition) is 1. The highest BCUT2D eigenvalue weighted by atomic mass is 35.5. The number of anilines is 1. The number of alkyl halides is 1. The molecule has 2 aromatic heterocycles. The van der Waals surface area contributed by atoms with Gasteiger partial charge in [0.05, 0.1) is 6.20 Å². The second kappa shape index (κ2) is 3.94. The van der Waals surface area contributed by atoms with Crippen LogP contribution in [-0.4, -0.2) is 26.5 Å². The molecule has 0 aliphatic heterocycles. The van der Waals surface area contributed by atoms with Gasteiger partial charge in [-0.3, -0.25) is 0 Å². The molecule has 0 bridgehead atoms. The van der Waals surface area contributed by atoms with Gasteiger partial charge in [0.15, 0.2) is 5.82 Å². The standard InChI is InChI=1S/C11H13ClN4/c12-9-5-8(6-9)7-14-11-10-1-2-15-16(10)4-3-13-11/h1-4,8-9H,5-7H2,(H,13,14). The van der Waals surface area contributed by atoms with E-state index in [9.17, 15) is 0 Å². The summed E-state index contributed by atoms with van der Waals surface area (Å²) in [5, 5.41) is 7.91. The van der Waals surface area contributed by atoms with E-state index < -0.39 is 0 Å². The second-order valence-corrected chi connectivity index (χ2v) is 4.87. The molecule has 0 aromatic carbocycles. The maximum atomic E-state index is 5.95. The Morgan fingerprint density at radius 1 is 1.44 bits per heavy atom. The van der Waals surface area contributed by atoms with Crippen molar-refractivity contribution >= 4 is 22.9 Å². The van der Waals surface area contributed by atoms with Crippen molar-refractivity contribution in [3.8, 4) is 0 Å². The average Bonchev–Trinajstić information content (AvgIpc) is 2.71. The van der Waals surface area contributed by atoms with E-state index in [4.69, 9.17) is 11.6 Å². The first kappa shape index (κ1) is 9.90. The van der Waals surface area contributed by atoms with Crippen LogP contribution >= 0.6 is 11.6 Å². The lowest BCUT2D eigenvalue weighted by Gasteiger charge is -2.31. The Bertz CT molecular complexity index is 489. The molecule has 1 N–H and O–H groups in total. The third kappa shape index (κ3) is 1.73. The lowest BCUT2D eigenvalue weighted by Crippen LogP contribution is -2.30. The van der Waals surface area contributed by atoms with Crippen molar-refractivity contribution in [2.75, 3.05) is 11.9 Å². The van der Waals surface area contributed by atoms with E-state index in [0.717, 1.165) is 30.7 Å². The van der Waals surface area contributed by atoms with Crippen molar-refractivity contribution in [3.63, 3.8) is 0 Å². The number of rotatable bonds is 3. The fourth-order valence-corrected chi connectivity index (χ4v) is 2.56. The Labute approximate surface area is 98.6 Å². The van der Waals surface area contributed by atoms with Crippen LogP contribution in [0.15, 0.2) is 24.7 Å². The fraction of sp³-hybridized carbons (Fsp3) is 0.455. The summed E-state index contributed by atoms with van der Waals surface area (Å²) in [6.07, 6.45) is 7.60. The SMILES string of the molecule is ClC1CC(CNc2nccn3nccc23)C1. The summed E-state index contributed by atoms with van der Waals surface area (Å²) in [6, 6.07) is 1.96. The molecule has 0 saturated heterocycles. The lowest BCUT2D eigenvalue weighted by molar-refractivity contribution is 0.341. The summed E-state index contributed by atoms with van der Waals surface area (Å²) in [7, 11) is 0. The molecule has 0 amide bonds. The molecule has 84 valence electrons. The number of hydrogen-bond acceptors (Lipinski definition) is 3. The van der Waals surface area contributed by atoms with Gasteiger partial charge in [-0.25, -0.2) is 9.50 Å². The highest BCUT2D eigenvalue weighted by molar-refractivity contribution is 6.21. The van der Waals surface area contributed by atoms with Gasteiger partial charge in [-0.15, -0.1) is 11.6 Å². The van der Waals surface area contributed by atoms with Crippen LogP contribution in [0, 0.1) is 5.92 Å². The van der Waals surface area contributed by atoms with E-state index in [1.165, 1.54) is 0 Å². The van der Waals surface area contributed by atoms with Crippen molar-refractivity contribution in [2.45, 2.75) is 18.2 Å². The number of halogens is 1. The van der Waals surface area contributed by atoms with Crippen molar-refractivity contribution in [3.05, 3.63) is 24.7 Å². The van der Waals surface area contributed by atoms with Gasteiger partial charge in [0.1, 0.15) is 5.52 Å². The van der Waals surface area contributed by atoms with E-state index in [1.54, 1.807) is 12.4 Å². The smallest absolute Gasteiger partial charge is 0.152 e. The highest BCUT2D eigenvalue weighted by Crippen LogP contribution is 2.31. The number of fused-ring (bicyclic) bond motifs is 1. The predicted molar refractivity (Wildman–Crippen MR) is 63.8 cm³/mol. The van der Waals surface area contributed by atoms with Crippen molar-refractivity contribution in [1.82, 2.24) is 14.6 Å². The maximum Gasteiger partial charge on any atom is 0.152 e. The van der Waals surface area contributed by atoms with Crippen LogP contribution in [0.2, 0.25) is 0 Å². The Morgan fingerprint density at radius 3 is 3.12 bits per heavy atom. The summed E-state index contributed by atoms with van der Waals surface area (Å²) < 4.78 is 1.82. The molecule has 2 aromatic rings. The molecule has 1 aliphatic rings. The zero-order valence-electron chi connectivity index (χ0n) is 8.81. The van der Waals surface area contributed by atoms with E-state index in [2.05, 4.69) is 15.4 Å². The zero-order valence-corrected chi connectivity index (χ0v) is 9.56. The van der Waals surface area contributed by atoms with Gasteiger partial charge in [-0.05, 0) is 24.8 Å². The van der Waals surface area contributed by atoms with Gasteiger partial charge in [0, 0.05) is 24.3 Å². The molecule has 1 aliphatic carbocycles. The summed E-state index contributed by atoms with van der Waals surface area (Å²) in [5.74, 6) is 1.59. The first-order chi connectivity index (χ1) is 7.83. The molecule has 3 rings (SSSR count). The average molecular weight is 237 g/mol. The van der Waals surface area contributed by atoms with Gasteiger partial charge < -0.3 is 5.32 Å². The van der Waals surface area contributed by atoms with Crippen LogP contribution < -0.4 is 5.32 Å². The third-order valence-electron chi connectivity index (χ3n) is 3.06. The van der Waals surface area contributed by atoms with Gasteiger partial charge in [-0.2, -0.15) is 5.10 Å². The molecule has 0 atom stereocenters. The molecular formula is C11H13ClN4. The number of nitrogens with one attached hydrogen (secondary N) is 1. The second-order valence-electron chi connectivity index (χ2n) is 4.25. The Morgan fingerprint density at radius 2 is 2.31 bits per heavy atom. The molecule has 0 unspecified atom stereocenters. The van der Waals surface area contributed by atoms with Crippen molar-refractivity contribution in [1.29, 1.82) is 0 Å². The van der Waals surface area contributed by atoms with E-state index in [1.807, 2.05) is 16.8 Å². The summed E-state index contributed by atoms with van der Waals surface area (Å²) >= 11 is 5.95. The van der Waals surface area contributed by atoms with Crippen LogP contribution in [0.25, 0.3) is 5.52 Å². The minimum absolute atomic E-state index is 0.380. The van der Waals surface area contributed by atoms with Gasteiger partial charge in [0.2, 0.25) is 0 Å². The Kier molecular flexibility index (Phi) is 2.44. The normalized spacial score (nSPS) is 24.3. The van der Waals surface area contributed by atoms with Crippen LogP contribution in [-0.2, 0) is 0 Å². The first-order valence-electron chi connectivity index (χ1n) is 5.49. The molecule has 16 heavy (non-hydrogen) atoms. The van der Waals surface area contributed by atoms with E-state index in [-0.39, 0.29) is 0 Å². The third-order valence-corrected chi connectivity index (χ3v) is 3.42. The maximum absolute atomic E-state index is 5.95. The summed E-state index contributed by atoms with van der Waals surface area (Å²) in [5.41, 5.74) is 1.02. The van der Waals surface area contributed by atoms with Crippen LogP contribution in [0.4, 0.5) is 5.82 Å². The van der Waals surface area contributed by atoms with Crippen molar-refractivity contribution < 1.29 is 0 Å². The first-order valence-corrected chi connectivity index (χ1v) is 5.93. The fourth-order valence-electron chi connectivity index (χ4n) is 2.06. The topological polar surface area (TPSA) is 42.2 Å². The minimum Gasteiger partial charge on any atom is -0.368 e. The summed E-state index contributed by atoms with van der Waals surface area (Å²) in [4.78, 5) is 4.32. The predicted octanol–water partition coefficient (Wildman–Crippen LogP) is 2.16. The number of aromatic nitrogens is 3. The van der Waals surface area contributed by atoms with Gasteiger partial charge in [0.25, 0.3) is 0 Å². The van der Waals surface area contributed by atoms with Crippen LogP contribution in [0.5, 0.6) is 0 Å². The van der Waals surface area contributed by atoms with Crippen LogP contribution in [0.3, 0.4) is 0 Å². The lowest BCUT2D eigenvalue weighted by atomic mass is 9.85. The van der Waals surface area contributed by atoms with E-state index >= 15 is 0 Å². The molecule has 1 saturated carbocycles. The molecule has 5 heteroatoms. The highest BCUT2D eigenvalue weighted by Gasteiger charge is 2.26. The Hall–Kier alpha value is -1.29. The Balaban J connectivity index is 1.71. The quantitative estimate of drug-likeness (QED) is 0.831. The van der Waals surface area contributed by atoms with Gasteiger partial charge >= 0.3 is 0 Å². The molecular weight excluding hydrogens is 224 g/mol. The largest absolute Gasteiger partial charge is 0.368 e. The monoisotopic (exact) mass is 236 g/mol. The van der Waals surface area contributed by atoms with Crippen LogP contribution in [0.1, 0.15) is 12.8 Å². The molecule has 0 radical (unpaired) electrons. The number of nitrogens with zero attached hydrogens (tertiary/aromatic N) is 3. The van der Waals surface area contributed by atoms with E-state index in [0.29, 0.717) is 11.3 Å². The molecule has 1 fully saturated rings. The van der Waals surface area contributed by atoms with Gasteiger partial charge in [-0.1, -0.05) is 0 Å². The minimum atomic E-state index is 0.380. The zero-order chi connectivity index (χ0) is 11.0. The summed E-state index contributed by atoms with van der Waals surface area (Å²) in [6.45, 7) is 0.946. The van der Waals surface area contributed by atoms with Crippen molar-refractivity contribution in [2.24, 2.45) is 5.92 Å². The molecule has 2 heterocycles. The molecule has 4 nitrogen and oxygen atoms in total.